The van der Waals surface area contributed by atoms with Crippen molar-refractivity contribution in [2.45, 2.75) is 19.9 Å². The van der Waals surface area contributed by atoms with E-state index in [1.165, 1.54) is 4.90 Å². The van der Waals surface area contributed by atoms with E-state index in [-0.39, 0.29) is 11.3 Å². The first-order chi connectivity index (χ1) is 14.0. The van der Waals surface area contributed by atoms with Crippen LogP contribution in [0.4, 0.5) is 0 Å². The summed E-state index contributed by atoms with van der Waals surface area (Å²) in [5.41, 5.74) is 0.963. The number of carbonyl (C=O) groups excluding carboxylic acids is 2. The molecule has 6 nitrogen and oxygen atoms in total. The smallest absolute Gasteiger partial charge is 0.295 e. The number of hydrogen-bond acceptors (Lipinski definition) is 5. The van der Waals surface area contributed by atoms with Crippen molar-refractivity contribution >= 4 is 29.1 Å². The highest BCUT2D eigenvalue weighted by Crippen LogP contribution is 2.38. The predicted molar refractivity (Wildman–Crippen MR) is 112 cm³/mol. The van der Waals surface area contributed by atoms with Crippen molar-refractivity contribution in [2.24, 2.45) is 0 Å². The van der Waals surface area contributed by atoms with E-state index in [1.54, 1.807) is 48.7 Å². The number of amides is 1. The molecular weight excluding hydrogens is 390 g/mol. The van der Waals surface area contributed by atoms with Gasteiger partial charge in [-0.3, -0.25) is 14.6 Å². The Morgan fingerprint density at radius 3 is 2.55 bits per heavy atom. The van der Waals surface area contributed by atoms with E-state index in [0.29, 0.717) is 29.4 Å². The molecule has 1 aromatic carbocycles. The largest absolute Gasteiger partial charge is 0.507 e. The van der Waals surface area contributed by atoms with Crippen LogP contribution in [0, 0.1) is 0 Å². The van der Waals surface area contributed by atoms with Gasteiger partial charge in [-0.15, -0.1) is 0 Å². The third-order valence-electron chi connectivity index (χ3n) is 5.16. The van der Waals surface area contributed by atoms with Crippen LogP contribution in [0.15, 0.2) is 54.2 Å². The molecule has 3 rings (SSSR count). The molecule has 1 aliphatic rings. The molecule has 0 aliphatic carbocycles. The first kappa shape index (κ1) is 21.0. The second-order valence-electron chi connectivity index (χ2n) is 6.78. The van der Waals surface area contributed by atoms with Gasteiger partial charge in [0.05, 0.1) is 11.3 Å². The summed E-state index contributed by atoms with van der Waals surface area (Å²) in [4.78, 5) is 33.8. The molecule has 1 atom stereocenters. The molecule has 0 spiro atoms. The van der Waals surface area contributed by atoms with Gasteiger partial charge in [0.25, 0.3) is 11.7 Å². The number of aromatic nitrogens is 1. The van der Waals surface area contributed by atoms with Crippen molar-refractivity contribution in [2.75, 3.05) is 26.2 Å². The number of hydrogen-bond donors (Lipinski definition) is 1. The van der Waals surface area contributed by atoms with Crippen molar-refractivity contribution in [1.82, 2.24) is 14.8 Å². The first-order valence-corrected chi connectivity index (χ1v) is 10.0. The normalized spacial score (nSPS) is 18.6. The van der Waals surface area contributed by atoms with Crippen molar-refractivity contribution < 1.29 is 14.7 Å². The minimum Gasteiger partial charge on any atom is -0.507 e. The molecule has 1 amide bonds. The number of ketones is 1. The van der Waals surface area contributed by atoms with Gasteiger partial charge in [0, 0.05) is 29.9 Å². The molecule has 0 radical (unpaired) electrons. The number of Topliss-reactive ketones (excluding diaryl/α,β-unsaturated/α-hetero) is 1. The van der Waals surface area contributed by atoms with E-state index in [0.717, 1.165) is 13.1 Å². The minimum absolute atomic E-state index is 0.0375. The summed E-state index contributed by atoms with van der Waals surface area (Å²) in [6, 6.07) is 11.2. The van der Waals surface area contributed by atoms with Crippen LogP contribution in [0.25, 0.3) is 5.76 Å². The third-order valence-corrected chi connectivity index (χ3v) is 5.39. The number of rotatable bonds is 7. The average Bonchev–Trinajstić information content (AvgIpc) is 2.99. The fourth-order valence-corrected chi connectivity index (χ4v) is 3.73. The second-order valence-corrected chi connectivity index (χ2v) is 7.22. The lowest BCUT2D eigenvalue weighted by Crippen LogP contribution is -2.38. The molecule has 1 aliphatic heterocycles. The third kappa shape index (κ3) is 4.33. The summed E-state index contributed by atoms with van der Waals surface area (Å²) < 4.78 is 0. The summed E-state index contributed by atoms with van der Waals surface area (Å²) in [5, 5.41) is 11.4. The molecule has 0 saturated carbocycles. The molecule has 2 aromatic rings. The monoisotopic (exact) mass is 413 g/mol. The Labute approximate surface area is 175 Å². The molecule has 0 bridgehead atoms. The Morgan fingerprint density at radius 1 is 1.17 bits per heavy atom. The molecule has 152 valence electrons. The lowest BCUT2D eigenvalue weighted by Gasteiger charge is -2.27. The zero-order valence-corrected chi connectivity index (χ0v) is 17.3. The number of likely N-dealkylation sites (N-methyl/N-ethyl adjacent to an activating group) is 1. The topological polar surface area (TPSA) is 73.7 Å². The number of aliphatic hydroxyl groups excluding tert-OH is 1. The van der Waals surface area contributed by atoms with Gasteiger partial charge in [0.1, 0.15) is 11.8 Å². The van der Waals surface area contributed by atoms with Crippen LogP contribution in [-0.2, 0) is 9.59 Å². The van der Waals surface area contributed by atoms with Gasteiger partial charge >= 0.3 is 0 Å². The summed E-state index contributed by atoms with van der Waals surface area (Å²) in [6.45, 7) is 6.77. The van der Waals surface area contributed by atoms with Gasteiger partial charge < -0.3 is 14.9 Å². The van der Waals surface area contributed by atoms with Crippen molar-refractivity contribution in [3.8, 4) is 0 Å². The molecule has 1 saturated heterocycles. The fraction of sp³-hybridized carbons (Fsp3) is 0.318. The van der Waals surface area contributed by atoms with E-state index in [1.807, 2.05) is 13.8 Å². The van der Waals surface area contributed by atoms with E-state index in [4.69, 9.17) is 11.6 Å². The van der Waals surface area contributed by atoms with Gasteiger partial charge in [0.15, 0.2) is 0 Å². The number of carbonyl (C=O) groups is 2. The maximum absolute atomic E-state index is 12.9. The molecule has 1 unspecified atom stereocenters. The number of nitrogens with zero attached hydrogens (tertiary/aromatic N) is 3. The Morgan fingerprint density at radius 2 is 1.93 bits per heavy atom. The Kier molecular flexibility index (Phi) is 6.67. The summed E-state index contributed by atoms with van der Waals surface area (Å²) in [7, 11) is 0. The molecule has 1 fully saturated rings. The average molecular weight is 414 g/mol. The van der Waals surface area contributed by atoms with Gasteiger partial charge in [-0.05, 0) is 37.4 Å². The highest BCUT2D eigenvalue weighted by molar-refractivity contribution is 6.46. The Bertz CT molecular complexity index is 926. The van der Waals surface area contributed by atoms with Gasteiger partial charge in [0.2, 0.25) is 0 Å². The van der Waals surface area contributed by atoms with Gasteiger partial charge in [-0.1, -0.05) is 43.6 Å². The summed E-state index contributed by atoms with van der Waals surface area (Å²) >= 11 is 6.05. The molecule has 1 N–H and O–H groups in total. The van der Waals surface area contributed by atoms with Crippen LogP contribution in [0.5, 0.6) is 0 Å². The minimum atomic E-state index is -0.745. The molecule has 29 heavy (non-hydrogen) atoms. The van der Waals surface area contributed by atoms with E-state index >= 15 is 0 Å². The molecule has 2 heterocycles. The molecule has 1 aromatic heterocycles. The van der Waals surface area contributed by atoms with Crippen LogP contribution in [0.1, 0.15) is 31.1 Å². The summed E-state index contributed by atoms with van der Waals surface area (Å²) in [5.74, 6) is -1.58. The van der Waals surface area contributed by atoms with Crippen LogP contribution in [0.3, 0.4) is 0 Å². The van der Waals surface area contributed by atoms with Crippen LogP contribution in [-0.4, -0.2) is 57.8 Å². The number of halogens is 1. The highest BCUT2D eigenvalue weighted by atomic mass is 35.5. The highest BCUT2D eigenvalue weighted by Gasteiger charge is 2.46. The SMILES string of the molecule is CCN(CC)CCN1C(=O)C(=O)/C(=C(\O)c2cccc(Cl)c2)C1c1ccccn1. The predicted octanol–water partition coefficient (Wildman–Crippen LogP) is 3.50. The number of pyridine rings is 1. The lowest BCUT2D eigenvalue weighted by molar-refractivity contribution is -0.140. The Hall–Kier alpha value is -2.70. The number of benzene rings is 1. The first-order valence-electron chi connectivity index (χ1n) is 9.65. The zero-order valence-electron chi connectivity index (χ0n) is 16.5. The fourth-order valence-electron chi connectivity index (χ4n) is 3.54. The van der Waals surface area contributed by atoms with Crippen LogP contribution >= 0.6 is 11.6 Å². The van der Waals surface area contributed by atoms with E-state index < -0.39 is 17.7 Å². The maximum atomic E-state index is 12.9. The molecule has 7 heteroatoms. The quantitative estimate of drug-likeness (QED) is 0.427. The summed E-state index contributed by atoms with van der Waals surface area (Å²) in [6.07, 6.45) is 1.61. The van der Waals surface area contributed by atoms with Gasteiger partial charge in [-0.2, -0.15) is 0 Å². The standard InChI is InChI=1S/C22H24ClN3O3/c1-3-25(4-2)12-13-26-19(17-10-5-6-11-24-17)18(21(28)22(26)29)20(27)15-8-7-9-16(23)14-15/h5-11,14,19,27H,3-4,12-13H2,1-2H3/b20-18-. The van der Waals surface area contributed by atoms with E-state index in [9.17, 15) is 14.7 Å². The number of aliphatic hydroxyl groups is 1. The Balaban J connectivity index is 2.08. The lowest BCUT2D eigenvalue weighted by atomic mass is 9.98. The maximum Gasteiger partial charge on any atom is 0.295 e. The van der Waals surface area contributed by atoms with Crippen LogP contribution < -0.4 is 0 Å². The van der Waals surface area contributed by atoms with Crippen molar-refractivity contribution in [1.29, 1.82) is 0 Å². The number of likely N-dealkylation sites (tertiary alicyclic amines) is 1. The second kappa shape index (κ2) is 9.20. The molecular formula is C22H24ClN3O3. The van der Waals surface area contributed by atoms with Crippen molar-refractivity contribution in [3.63, 3.8) is 0 Å². The van der Waals surface area contributed by atoms with Crippen LogP contribution in [0.2, 0.25) is 5.02 Å². The van der Waals surface area contributed by atoms with E-state index in [2.05, 4.69) is 9.88 Å². The van der Waals surface area contributed by atoms with Crippen molar-refractivity contribution in [3.05, 3.63) is 70.5 Å². The zero-order chi connectivity index (χ0) is 21.0. The van der Waals surface area contributed by atoms with Gasteiger partial charge in [-0.25, -0.2) is 0 Å².